The van der Waals surface area contributed by atoms with Gasteiger partial charge in [-0.15, -0.1) is 0 Å². The Morgan fingerprint density at radius 1 is 0.816 bits per heavy atom. The van der Waals surface area contributed by atoms with E-state index >= 15 is 0 Å². The minimum absolute atomic E-state index is 0. The van der Waals surface area contributed by atoms with Crippen LogP contribution in [-0.4, -0.2) is 82.8 Å². The van der Waals surface area contributed by atoms with Crippen LogP contribution in [0.4, 0.5) is 9.59 Å². The molecule has 3 N–H and O–H groups in total. The van der Waals surface area contributed by atoms with Crippen molar-refractivity contribution in [2.45, 2.75) is 113 Å². The van der Waals surface area contributed by atoms with Gasteiger partial charge in [0, 0.05) is 38.5 Å². The van der Waals surface area contributed by atoms with Crippen LogP contribution in [0, 0.1) is 11.8 Å². The van der Waals surface area contributed by atoms with E-state index in [1.165, 1.54) is 4.90 Å². The SMILES string of the molecule is C.CC(C)(C)OC(=O)N1CCCC(C(=O)O)C1.CCCC(=O)C1CCCN(C(=O)OC(C)(C)C)C1.CCN. The van der Waals surface area contributed by atoms with Gasteiger partial charge in [-0.1, -0.05) is 21.3 Å². The van der Waals surface area contributed by atoms with Crippen LogP contribution in [0.5, 0.6) is 0 Å². The van der Waals surface area contributed by atoms with Gasteiger partial charge in [-0.3, -0.25) is 9.59 Å². The zero-order chi connectivity index (χ0) is 28.8. The summed E-state index contributed by atoms with van der Waals surface area (Å²) in [5.74, 6) is -1.01. The fourth-order valence-corrected chi connectivity index (χ4v) is 3.85. The monoisotopic (exact) mass is 545 g/mol. The van der Waals surface area contributed by atoms with Crippen molar-refractivity contribution in [1.82, 2.24) is 9.80 Å². The van der Waals surface area contributed by atoms with Crippen molar-refractivity contribution in [3.05, 3.63) is 0 Å². The predicted octanol–water partition coefficient (Wildman–Crippen LogP) is 5.32. The van der Waals surface area contributed by atoms with Gasteiger partial charge in [0.1, 0.15) is 17.0 Å². The Hall–Kier alpha value is -2.36. The molecule has 2 amide bonds. The molecule has 10 heteroatoms. The Morgan fingerprint density at radius 2 is 1.18 bits per heavy atom. The van der Waals surface area contributed by atoms with Crippen LogP contribution >= 0.6 is 0 Å². The van der Waals surface area contributed by atoms with Gasteiger partial charge in [-0.25, -0.2) is 9.59 Å². The normalized spacial score (nSPS) is 19.4. The predicted molar refractivity (Wildman–Crippen MR) is 150 cm³/mol. The lowest BCUT2D eigenvalue weighted by Crippen LogP contribution is -2.44. The Balaban J connectivity index is 0. The topological polar surface area (TPSA) is 139 Å². The van der Waals surface area contributed by atoms with E-state index < -0.39 is 29.2 Å². The van der Waals surface area contributed by atoms with Gasteiger partial charge in [0.25, 0.3) is 0 Å². The molecule has 2 fully saturated rings. The lowest BCUT2D eigenvalue weighted by atomic mass is 9.92. The van der Waals surface area contributed by atoms with Crippen molar-refractivity contribution >= 4 is 23.9 Å². The molecule has 0 aliphatic carbocycles. The second-order valence-electron chi connectivity index (χ2n) is 11.5. The molecule has 2 aliphatic rings. The summed E-state index contributed by atoms with van der Waals surface area (Å²) in [6, 6.07) is 0. The minimum Gasteiger partial charge on any atom is -0.481 e. The van der Waals surface area contributed by atoms with Crippen LogP contribution in [0.15, 0.2) is 0 Å². The quantitative estimate of drug-likeness (QED) is 0.484. The number of carboxylic acid groups (broad SMARTS) is 1. The smallest absolute Gasteiger partial charge is 0.410 e. The van der Waals surface area contributed by atoms with E-state index in [2.05, 4.69) is 0 Å². The molecule has 0 saturated carbocycles. The van der Waals surface area contributed by atoms with E-state index in [1.807, 2.05) is 34.6 Å². The number of ketones is 1. The van der Waals surface area contributed by atoms with Crippen molar-refractivity contribution in [1.29, 1.82) is 0 Å². The first-order chi connectivity index (χ1) is 17.0. The molecule has 0 radical (unpaired) electrons. The molecule has 0 aromatic heterocycles. The van der Waals surface area contributed by atoms with E-state index in [1.54, 1.807) is 25.7 Å². The Bertz CT molecular complexity index is 729. The van der Waals surface area contributed by atoms with Crippen LogP contribution in [0.25, 0.3) is 0 Å². The first kappa shape index (κ1) is 37.8. The number of likely N-dealkylation sites (tertiary alicyclic amines) is 2. The molecular formula is C28H55N3O7. The zero-order valence-electron chi connectivity index (χ0n) is 24.3. The number of piperidine rings is 2. The summed E-state index contributed by atoms with van der Waals surface area (Å²) in [6.07, 6.45) is 3.92. The fraction of sp³-hybridized carbons (Fsp3) is 0.857. The summed E-state index contributed by atoms with van der Waals surface area (Å²) >= 11 is 0. The molecule has 2 atom stereocenters. The number of amides is 2. The largest absolute Gasteiger partial charge is 0.481 e. The van der Waals surface area contributed by atoms with Crippen LogP contribution < -0.4 is 5.73 Å². The van der Waals surface area contributed by atoms with Gasteiger partial charge in [-0.2, -0.15) is 0 Å². The second-order valence-corrected chi connectivity index (χ2v) is 11.5. The van der Waals surface area contributed by atoms with Gasteiger partial charge in [-0.05, 0) is 80.2 Å². The van der Waals surface area contributed by atoms with Gasteiger partial charge in [0.05, 0.1) is 5.92 Å². The maximum Gasteiger partial charge on any atom is 0.410 e. The third-order valence-electron chi connectivity index (χ3n) is 5.45. The van der Waals surface area contributed by atoms with Crippen molar-refractivity contribution < 1.29 is 33.8 Å². The third-order valence-corrected chi connectivity index (χ3v) is 5.45. The average Bonchev–Trinajstić information content (AvgIpc) is 2.78. The minimum atomic E-state index is -0.840. The molecule has 2 rings (SSSR count). The lowest BCUT2D eigenvalue weighted by Gasteiger charge is -2.33. The van der Waals surface area contributed by atoms with Crippen LogP contribution in [0.3, 0.4) is 0 Å². The summed E-state index contributed by atoms with van der Waals surface area (Å²) in [5, 5.41) is 8.89. The van der Waals surface area contributed by atoms with Crippen molar-refractivity contribution in [3.8, 4) is 0 Å². The zero-order valence-corrected chi connectivity index (χ0v) is 24.3. The highest BCUT2D eigenvalue weighted by atomic mass is 16.6. The van der Waals surface area contributed by atoms with E-state index in [9.17, 15) is 19.2 Å². The van der Waals surface area contributed by atoms with Gasteiger partial charge in [0.15, 0.2) is 0 Å². The van der Waals surface area contributed by atoms with Gasteiger partial charge < -0.3 is 30.1 Å². The van der Waals surface area contributed by atoms with Crippen molar-refractivity contribution in [2.75, 3.05) is 32.7 Å². The molecule has 2 unspecified atom stereocenters. The number of carbonyl (C=O) groups excluding carboxylic acids is 3. The summed E-state index contributed by atoms with van der Waals surface area (Å²) in [4.78, 5) is 49.5. The first-order valence-electron chi connectivity index (χ1n) is 13.5. The molecule has 0 aromatic rings. The van der Waals surface area contributed by atoms with Gasteiger partial charge >= 0.3 is 18.2 Å². The van der Waals surface area contributed by atoms with E-state index in [4.69, 9.17) is 20.3 Å². The molecular weight excluding hydrogens is 490 g/mol. The first-order valence-corrected chi connectivity index (χ1v) is 13.5. The number of hydrogen-bond acceptors (Lipinski definition) is 7. The molecule has 2 heterocycles. The number of nitrogens with two attached hydrogens (primary N) is 1. The Morgan fingerprint density at radius 3 is 1.53 bits per heavy atom. The molecule has 0 spiro atoms. The molecule has 0 aromatic carbocycles. The number of rotatable bonds is 4. The number of ether oxygens (including phenoxy) is 2. The highest BCUT2D eigenvalue weighted by Crippen LogP contribution is 2.22. The maximum absolute atomic E-state index is 11.9. The molecule has 2 aliphatic heterocycles. The number of carbonyl (C=O) groups is 4. The number of aliphatic carboxylic acids is 1. The van der Waals surface area contributed by atoms with E-state index in [0.717, 1.165) is 32.2 Å². The van der Waals surface area contributed by atoms with Gasteiger partial charge in [0.2, 0.25) is 0 Å². The van der Waals surface area contributed by atoms with Crippen molar-refractivity contribution in [3.63, 3.8) is 0 Å². The summed E-state index contributed by atoms with van der Waals surface area (Å²) in [7, 11) is 0. The average molecular weight is 546 g/mol. The molecule has 10 nitrogen and oxygen atoms in total. The van der Waals surface area contributed by atoms with E-state index in [0.29, 0.717) is 32.5 Å². The van der Waals surface area contributed by atoms with Crippen LogP contribution in [0.1, 0.15) is 101 Å². The number of Topliss-reactive ketones (excluding diaryl/α,β-unsaturated/α-hetero) is 1. The maximum atomic E-state index is 11.9. The Labute approximate surface area is 230 Å². The molecule has 224 valence electrons. The van der Waals surface area contributed by atoms with Crippen molar-refractivity contribution in [2.24, 2.45) is 17.6 Å². The molecule has 38 heavy (non-hydrogen) atoms. The standard InChI is InChI=1S/C14H25NO3.C11H19NO4.C2H7N.CH4/c1-5-7-12(16)11-8-6-9-15(10-11)13(17)18-14(2,3)4;1-11(2,3)16-10(15)12-6-4-5-8(7-12)9(13)14;1-2-3;/h11H,5-10H2,1-4H3;8H,4-7H2,1-3H3,(H,13,14);2-3H2,1H3;1H4. The fourth-order valence-electron chi connectivity index (χ4n) is 3.85. The summed E-state index contributed by atoms with van der Waals surface area (Å²) < 4.78 is 10.5. The number of carboxylic acids is 1. The van der Waals surface area contributed by atoms with Crippen LogP contribution in [0.2, 0.25) is 0 Å². The second kappa shape index (κ2) is 18.0. The highest BCUT2D eigenvalue weighted by molar-refractivity contribution is 5.82. The lowest BCUT2D eigenvalue weighted by molar-refractivity contribution is -0.143. The Kier molecular flexibility index (Phi) is 17.9. The number of hydrogen-bond donors (Lipinski definition) is 2. The number of nitrogens with zero attached hydrogens (tertiary/aromatic N) is 2. The highest BCUT2D eigenvalue weighted by Gasteiger charge is 2.31. The third kappa shape index (κ3) is 16.5. The van der Waals surface area contributed by atoms with E-state index in [-0.39, 0.29) is 31.8 Å². The molecule has 2 saturated heterocycles. The van der Waals surface area contributed by atoms with Crippen LogP contribution in [-0.2, 0) is 19.1 Å². The molecule has 0 bridgehead atoms. The summed E-state index contributed by atoms with van der Waals surface area (Å²) in [5.41, 5.74) is 3.84. The summed E-state index contributed by atoms with van der Waals surface area (Å²) in [6.45, 7) is 17.7.